The first-order valence-electron chi connectivity index (χ1n) is 10.0. The van der Waals surface area contributed by atoms with E-state index >= 15 is 0 Å². The van der Waals surface area contributed by atoms with E-state index in [1.807, 2.05) is 70.5 Å². The van der Waals surface area contributed by atoms with Crippen LogP contribution in [0.3, 0.4) is 0 Å². The van der Waals surface area contributed by atoms with Gasteiger partial charge in [-0.05, 0) is 48.9 Å². The molecular formula is C23H26N2O3. The Morgan fingerprint density at radius 3 is 2.36 bits per heavy atom. The molecule has 2 aliphatic rings. The van der Waals surface area contributed by atoms with Gasteiger partial charge in [0.15, 0.2) is 6.61 Å². The van der Waals surface area contributed by atoms with Crippen molar-refractivity contribution in [3.63, 3.8) is 0 Å². The monoisotopic (exact) mass is 378 g/mol. The molecule has 0 aliphatic carbocycles. The van der Waals surface area contributed by atoms with Crippen LogP contribution in [0.25, 0.3) is 0 Å². The number of anilines is 1. The van der Waals surface area contributed by atoms with Gasteiger partial charge in [0.2, 0.25) is 5.91 Å². The Bertz CT molecular complexity index is 809. The third-order valence-electron chi connectivity index (χ3n) is 5.88. The number of hydrogen-bond donors (Lipinski definition) is 0. The van der Waals surface area contributed by atoms with E-state index in [0.717, 1.165) is 25.1 Å². The number of nitrogens with zero attached hydrogens (tertiary/aromatic N) is 2. The van der Waals surface area contributed by atoms with E-state index in [-0.39, 0.29) is 18.4 Å². The van der Waals surface area contributed by atoms with Gasteiger partial charge < -0.3 is 14.5 Å². The average molecular weight is 378 g/mol. The highest BCUT2D eigenvalue weighted by Gasteiger charge is 2.36. The number of hydrogen-bond acceptors (Lipinski definition) is 3. The van der Waals surface area contributed by atoms with Crippen LogP contribution in [0.5, 0.6) is 5.75 Å². The van der Waals surface area contributed by atoms with E-state index in [9.17, 15) is 9.59 Å². The highest BCUT2D eigenvalue weighted by molar-refractivity contribution is 5.93. The molecule has 2 atom stereocenters. The van der Waals surface area contributed by atoms with E-state index < -0.39 is 0 Å². The van der Waals surface area contributed by atoms with E-state index in [1.54, 1.807) is 0 Å². The van der Waals surface area contributed by atoms with Gasteiger partial charge in [0.05, 0.1) is 0 Å². The largest absolute Gasteiger partial charge is 0.484 e. The molecular weight excluding hydrogens is 352 g/mol. The summed E-state index contributed by atoms with van der Waals surface area (Å²) in [5.41, 5.74) is 0.968. The predicted molar refractivity (Wildman–Crippen MR) is 108 cm³/mol. The van der Waals surface area contributed by atoms with Crippen LogP contribution in [0.1, 0.15) is 19.3 Å². The summed E-state index contributed by atoms with van der Waals surface area (Å²) in [4.78, 5) is 29.2. The molecule has 2 aromatic rings. The van der Waals surface area contributed by atoms with Crippen molar-refractivity contribution in [1.29, 1.82) is 0 Å². The Balaban J connectivity index is 1.36. The predicted octanol–water partition coefficient (Wildman–Crippen LogP) is 3.36. The van der Waals surface area contributed by atoms with Gasteiger partial charge in [-0.3, -0.25) is 9.59 Å². The molecule has 0 aromatic heterocycles. The van der Waals surface area contributed by atoms with E-state index in [0.29, 0.717) is 37.1 Å². The zero-order chi connectivity index (χ0) is 19.3. The van der Waals surface area contributed by atoms with E-state index in [1.165, 1.54) is 0 Å². The zero-order valence-corrected chi connectivity index (χ0v) is 16.0. The molecule has 5 nitrogen and oxygen atoms in total. The maximum atomic E-state index is 12.8. The molecule has 2 heterocycles. The third-order valence-corrected chi connectivity index (χ3v) is 5.88. The second kappa shape index (κ2) is 8.46. The molecule has 0 bridgehead atoms. The van der Waals surface area contributed by atoms with Crippen molar-refractivity contribution in [3.05, 3.63) is 60.7 Å². The van der Waals surface area contributed by atoms with Crippen LogP contribution >= 0.6 is 0 Å². The minimum atomic E-state index is 0.0257. The number of carbonyl (C=O) groups is 2. The first kappa shape index (κ1) is 18.5. The van der Waals surface area contributed by atoms with Crippen molar-refractivity contribution in [1.82, 2.24) is 4.90 Å². The molecule has 0 saturated carbocycles. The van der Waals surface area contributed by atoms with E-state index in [4.69, 9.17) is 4.74 Å². The molecule has 28 heavy (non-hydrogen) atoms. The number of para-hydroxylation sites is 2. The van der Waals surface area contributed by atoms with Crippen LogP contribution < -0.4 is 9.64 Å². The third kappa shape index (κ3) is 4.19. The number of amides is 2. The van der Waals surface area contributed by atoms with Crippen molar-refractivity contribution in [2.45, 2.75) is 19.3 Å². The summed E-state index contributed by atoms with van der Waals surface area (Å²) in [6.45, 7) is 2.21. The van der Waals surface area contributed by atoms with Gasteiger partial charge in [0.25, 0.3) is 5.91 Å². The Morgan fingerprint density at radius 1 is 0.929 bits per heavy atom. The smallest absolute Gasteiger partial charge is 0.260 e. The lowest BCUT2D eigenvalue weighted by molar-refractivity contribution is -0.136. The molecule has 0 unspecified atom stereocenters. The maximum absolute atomic E-state index is 12.8. The summed E-state index contributed by atoms with van der Waals surface area (Å²) < 4.78 is 5.62. The van der Waals surface area contributed by atoms with Crippen molar-refractivity contribution in [2.24, 2.45) is 11.8 Å². The second-order valence-corrected chi connectivity index (χ2v) is 7.62. The van der Waals surface area contributed by atoms with Crippen LogP contribution in [0.4, 0.5) is 5.69 Å². The first-order valence-corrected chi connectivity index (χ1v) is 10.0. The molecule has 2 aromatic carbocycles. The van der Waals surface area contributed by atoms with Gasteiger partial charge in [-0.2, -0.15) is 0 Å². The van der Waals surface area contributed by atoms with Gasteiger partial charge in [-0.25, -0.2) is 0 Å². The fourth-order valence-corrected chi connectivity index (χ4v) is 4.29. The Hall–Kier alpha value is -2.82. The number of likely N-dealkylation sites (tertiary alicyclic amines) is 1. The van der Waals surface area contributed by atoms with Crippen LogP contribution in [-0.2, 0) is 9.59 Å². The number of ether oxygens (including phenoxy) is 1. The summed E-state index contributed by atoms with van der Waals surface area (Å²) in [6, 6.07) is 19.3. The lowest BCUT2D eigenvalue weighted by Gasteiger charge is -2.37. The molecule has 146 valence electrons. The Morgan fingerprint density at radius 2 is 1.61 bits per heavy atom. The molecule has 4 rings (SSSR count). The first-order chi connectivity index (χ1) is 13.7. The van der Waals surface area contributed by atoms with Gasteiger partial charge in [0.1, 0.15) is 5.75 Å². The molecule has 2 aliphatic heterocycles. The molecule has 5 heteroatoms. The fraction of sp³-hybridized carbons (Fsp3) is 0.391. The highest BCUT2D eigenvalue weighted by atomic mass is 16.5. The average Bonchev–Trinajstić information content (AvgIpc) is 2.91. The molecule has 2 amide bonds. The molecule has 0 N–H and O–H groups in total. The summed E-state index contributed by atoms with van der Waals surface area (Å²) in [6.07, 6.45) is 2.38. The minimum absolute atomic E-state index is 0.0257. The summed E-state index contributed by atoms with van der Waals surface area (Å²) in [5.74, 6) is 1.67. The zero-order valence-electron chi connectivity index (χ0n) is 16.0. The quantitative estimate of drug-likeness (QED) is 0.820. The van der Waals surface area contributed by atoms with Crippen molar-refractivity contribution >= 4 is 17.5 Å². The van der Waals surface area contributed by atoms with Crippen LogP contribution in [0, 0.1) is 11.8 Å². The molecule has 0 spiro atoms. The van der Waals surface area contributed by atoms with Crippen LogP contribution in [0.2, 0.25) is 0 Å². The molecule has 2 fully saturated rings. The summed E-state index contributed by atoms with van der Waals surface area (Å²) in [7, 11) is 0. The van der Waals surface area contributed by atoms with Crippen molar-refractivity contribution in [3.8, 4) is 5.75 Å². The van der Waals surface area contributed by atoms with Gasteiger partial charge >= 0.3 is 0 Å². The lowest BCUT2D eigenvalue weighted by Crippen LogP contribution is -2.45. The number of fused-ring (bicyclic) bond motifs is 1. The number of carbonyl (C=O) groups excluding carboxylic acids is 2. The van der Waals surface area contributed by atoms with Gasteiger partial charge in [-0.15, -0.1) is 0 Å². The number of benzene rings is 2. The fourth-order valence-electron chi connectivity index (χ4n) is 4.29. The highest BCUT2D eigenvalue weighted by Crippen LogP contribution is 2.34. The topological polar surface area (TPSA) is 49.9 Å². The lowest BCUT2D eigenvalue weighted by atomic mass is 9.82. The summed E-state index contributed by atoms with van der Waals surface area (Å²) >= 11 is 0. The van der Waals surface area contributed by atoms with Gasteiger partial charge in [-0.1, -0.05) is 36.4 Å². The summed E-state index contributed by atoms with van der Waals surface area (Å²) in [5, 5.41) is 0. The van der Waals surface area contributed by atoms with Crippen LogP contribution in [-0.4, -0.2) is 43.0 Å². The standard InChI is InChI=1S/C23H26N2O3/c26-22-15-18-11-13-24(23(27)17-28-21-9-5-2-6-10-21)16-19(18)12-14-25(22)20-7-3-1-4-8-20/h1-10,18-19H,11-17H2/t18-,19-/m0/s1. The van der Waals surface area contributed by atoms with Crippen molar-refractivity contribution < 1.29 is 14.3 Å². The molecule has 0 radical (unpaired) electrons. The SMILES string of the molecule is O=C(COc1ccccc1)N1CC[C@H]2CC(=O)N(c3ccccc3)CC[C@H]2C1. The second-order valence-electron chi connectivity index (χ2n) is 7.62. The minimum Gasteiger partial charge on any atom is -0.484 e. The van der Waals surface area contributed by atoms with Gasteiger partial charge in [0, 0.05) is 31.7 Å². The number of rotatable bonds is 4. The van der Waals surface area contributed by atoms with E-state index in [2.05, 4.69) is 0 Å². The Labute approximate surface area is 165 Å². The van der Waals surface area contributed by atoms with Crippen molar-refractivity contribution in [2.75, 3.05) is 31.1 Å². The normalized spacial score (nSPS) is 22.4. The Kier molecular flexibility index (Phi) is 5.60. The number of piperidine rings is 1. The van der Waals surface area contributed by atoms with Crippen LogP contribution in [0.15, 0.2) is 60.7 Å². The maximum Gasteiger partial charge on any atom is 0.260 e. The molecule has 2 saturated heterocycles.